The molecule has 0 radical (unpaired) electrons. The van der Waals surface area contributed by atoms with Gasteiger partial charge in [0.1, 0.15) is 0 Å². The first kappa shape index (κ1) is 25.8. The van der Waals surface area contributed by atoms with Gasteiger partial charge in [-0.1, -0.05) is 54.1 Å². The number of halogens is 1. The minimum atomic E-state index is -3.93. The SMILES string of the molecule is Cn1cc(C(=O)N2CCC(Cc3ccccc3)CC2)c(S(=O)(=O)N2CCN(c3ccccc3Cl)CC2)n1. The number of anilines is 1. The van der Waals surface area contributed by atoms with Crippen LogP contribution in [0.5, 0.6) is 0 Å². The van der Waals surface area contributed by atoms with Gasteiger partial charge in [-0.2, -0.15) is 9.40 Å². The summed E-state index contributed by atoms with van der Waals surface area (Å²) in [4.78, 5) is 17.3. The lowest BCUT2D eigenvalue weighted by Crippen LogP contribution is -2.49. The average molecular weight is 542 g/mol. The van der Waals surface area contributed by atoms with Crippen molar-refractivity contribution in [2.24, 2.45) is 13.0 Å². The van der Waals surface area contributed by atoms with Gasteiger partial charge in [0.15, 0.2) is 0 Å². The maximum atomic E-state index is 13.6. The third-order valence-electron chi connectivity index (χ3n) is 7.31. The summed E-state index contributed by atoms with van der Waals surface area (Å²) in [5.74, 6) is 0.248. The molecule has 0 atom stereocenters. The highest BCUT2D eigenvalue weighted by molar-refractivity contribution is 7.89. The molecule has 3 aromatic rings. The number of likely N-dealkylation sites (tertiary alicyclic amines) is 1. The fourth-order valence-corrected chi connectivity index (χ4v) is 7.06. The van der Waals surface area contributed by atoms with E-state index in [2.05, 4.69) is 34.3 Å². The predicted octanol–water partition coefficient (Wildman–Crippen LogP) is 3.68. The molecule has 196 valence electrons. The molecule has 10 heteroatoms. The van der Waals surface area contributed by atoms with Gasteiger partial charge in [-0.25, -0.2) is 8.42 Å². The number of hydrogen-bond donors (Lipinski definition) is 0. The Morgan fingerprint density at radius 1 is 0.946 bits per heavy atom. The van der Waals surface area contributed by atoms with E-state index in [1.807, 2.05) is 30.3 Å². The van der Waals surface area contributed by atoms with Crippen LogP contribution in [0.3, 0.4) is 0 Å². The quantitative estimate of drug-likeness (QED) is 0.476. The number of carbonyl (C=O) groups is 1. The highest BCUT2D eigenvalue weighted by Crippen LogP contribution is 2.29. The molecule has 2 aromatic carbocycles. The zero-order chi connectivity index (χ0) is 26.0. The van der Waals surface area contributed by atoms with E-state index in [9.17, 15) is 13.2 Å². The molecule has 5 rings (SSSR count). The third-order valence-corrected chi connectivity index (χ3v) is 9.47. The Morgan fingerprint density at radius 2 is 1.59 bits per heavy atom. The highest BCUT2D eigenvalue weighted by Gasteiger charge is 2.36. The van der Waals surface area contributed by atoms with Crippen molar-refractivity contribution in [3.8, 4) is 0 Å². The van der Waals surface area contributed by atoms with Crippen molar-refractivity contribution in [2.75, 3.05) is 44.2 Å². The Labute approximate surface area is 223 Å². The molecular formula is C27H32ClN5O3S. The normalized spacial score (nSPS) is 17.8. The number of para-hydroxylation sites is 1. The van der Waals surface area contributed by atoms with Crippen LogP contribution < -0.4 is 4.90 Å². The number of piperidine rings is 1. The molecule has 2 saturated heterocycles. The minimum Gasteiger partial charge on any atom is -0.368 e. The van der Waals surface area contributed by atoms with Crippen LogP contribution in [0.1, 0.15) is 28.8 Å². The van der Waals surface area contributed by atoms with E-state index in [1.54, 1.807) is 11.9 Å². The van der Waals surface area contributed by atoms with Crippen LogP contribution in [0.2, 0.25) is 5.02 Å². The number of benzene rings is 2. The molecular weight excluding hydrogens is 510 g/mol. The lowest BCUT2D eigenvalue weighted by molar-refractivity contribution is 0.0686. The molecule has 3 heterocycles. The first-order valence-electron chi connectivity index (χ1n) is 12.7. The van der Waals surface area contributed by atoms with E-state index < -0.39 is 10.0 Å². The number of rotatable bonds is 6. The van der Waals surface area contributed by atoms with Crippen LogP contribution in [0.25, 0.3) is 0 Å². The van der Waals surface area contributed by atoms with Gasteiger partial charge in [0, 0.05) is 52.5 Å². The summed E-state index contributed by atoms with van der Waals surface area (Å²) in [5.41, 5.74) is 2.35. The number of piperazine rings is 1. The molecule has 2 aliphatic heterocycles. The second-order valence-electron chi connectivity index (χ2n) is 9.79. The number of amides is 1. The van der Waals surface area contributed by atoms with Gasteiger partial charge in [0.2, 0.25) is 5.03 Å². The molecule has 0 unspecified atom stereocenters. The first-order valence-corrected chi connectivity index (χ1v) is 14.5. The van der Waals surface area contributed by atoms with Gasteiger partial charge in [0.25, 0.3) is 15.9 Å². The summed E-state index contributed by atoms with van der Waals surface area (Å²) in [5, 5.41) is 4.73. The molecule has 0 bridgehead atoms. The standard InChI is InChI=1S/C27H32ClN5O3S/c1-30-20-23(27(34)32-13-11-22(12-14-32)19-21-7-3-2-4-8-21)26(29-30)37(35,36)33-17-15-31(16-18-33)25-10-6-5-9-24(25)28/h2-10,20,22H,11-19H2,1H3. The Balaban J connectivity index is 1.25. The molecule has 1 aromatic heterocycles. The van der Waals surface area contributed by atoms with E-state index in [1.165, 1.54) is 20.7 Å². The zero-order valence-corrected chi connectivity index (χ0v) is 22.5. The minimum absolute atomic E-state index is 0.151. The lowest BCUT2D eigenvalue weighted by atomic mass is 9.90. The highest BCUT2D eigenvalue weighted by atomic mass is 35.5. The molecule has 0 N–H and O–H groups in total. The van der Waals surface area contributed by atoms with Crippen molar-refractivity contribution in [1.29, 1.82) is 0 Å². The molecule has 2 aliphatic rings. The van der Waals surface area contributed by atoms with Crippen molar-refractivity contribution >= 4 is 33.2 Å². The number of aryl methyl sites for hydroxylation is 1. The Hall–Kier alpha value is -2.88. The van der Waals surface area contributed by atoms with Crippen LogP contribution in [-0.2, 0) is 23.5 Å². The van der Waals surface area contributed by atoms with E-state index in [0.717, 1.165) is 24.9 Å². The Kier molecular flexibility index (Phi) is 7.55. The smallest absolute Gasteiger partial charge is 0.263 e. The largest absolute Gasteiger partial charge is 0.368 e. The van der Waals surface area contributed by atoms with E-state index >= 15 is 0 Å². The van der Waals surface area contributed by atoms with Crippen molar-refractivity contribution in [3.63, 3.8) is 0 Å². The summed E-state index contributed by atoms with van der Waals surface area (Å²) in [6.07, 6.45) is 4.32. The molecule has 37 heavy (non-hydrogen) atoms. The van der Waals surface area contributed by atoms with E-state index in [-0.39, 0.29) is 16.5 Å². The van der Waals surface area contributed by atoms with Gasteiger partial charge in [-0.3, -0.25) is 9.48 Å². The summed E-state index contributed by atoms with van der Waals surface area (Å²) < 4.78 is 30.1. The van der Waals surface area contributed by atoms with Gasteiger partial charge in [0.05, 0.1) is 16.3 Å². The first-order chi connectivity index (χ1) is 17.8. The summed E-state index contributed by atoms with van der Waals surface area (Å²) in [7, 11) is -2.28. The second-order valence-corrected chi connectivity index (χ2v) is 12.0. The fraction of sp³-hybridized carbons (Fsp3) is 0.407. The summed E-state index contributed by atoms with van der Waals surface area (Å²) in [6, 6.07) is 17.9. The van der Waals surface area contributed by atoms with Crippen LogP contribution in [-0.4, -0.2) is 72.6 Å². The maximum absolute atomic E-state index is 13.6. The van der Waals surface area contributed by atoms with Crippen LogP contribution in [0.15, 0.2) is 65.8 Å². The monoisotopic (exact) mass is 541 g/mol. The Morgan fingerprint density at radius 3 is 2.27 bits per heavy atom. The topological polar surface area (TPSA) is 78.8 Å². The molecule has 0 saturated carbocycles. The van der Waals surface area contributed by atoms with Crippen molar-refractivity contribution < 1.29 is 13.2 Å². The van der Waals surface area contributed by atoms with Gasteiger partial charge in [-0.15, -0.1) is 0 Å². The molecule has 2 fully saturated rings. The lowest BCUT2D eigenvalue weighted by Gasteiger charge is -2.35. The summed E-state index contributed by atoms with van der Waals surface area (Å²) >= 11 is 6.33. The predicted molar refractivity (Wildman–Crippen MR) is 144 cm³/mol. The van der Waals surface area contributed by atoms with E-state index in [4.69, 9.17) is 11.6 Å². The Bertz CT molecular complexity index is 1350. The number of aromatic nitrogens is 2. The van der Waals surface area contributed by atoms with Gasteiger partial charge >= 0.3 is 0 Å². The van der Waals surface area contributed by atoms with Crippen molar-refractivity contribution in [1.82, 2.24) is 19.0 Å². The number of hydrogen-bond acceptors (Lipinski definition) is 5. The molecule has 1 amide bonds. The van der Waals surface area contributed by atoms with Gasteiger partial charge in [-0.05, 0) is 42.9 Å². The van der Waals surface area contributed by atoms with E-state index in [0.29, 0.717) is 50.2 Å². The molecule has 0 spiro atoms. The van der Waals surface area contributed by atoms with Gasteiger partial charge < -0.3 is 9.80 Å². The third kappa shape index (κ3) is 5.54. The zero-order valence-electron chi connectivity index (χ0n) is 21.0. The molecule has 8 nitrogen and oxygen atoms in total. The number of nitrogens with zero attached hydrogens (tertiary/aromatic N) is 5. The van der Waals surface area contributed by atoms with Crippen LogP contribution in [0, 0.1) is 5.92 Å². The van der Waals surface area contributed by atoms with Crippen LogP contribution in [0.4, 0.5) is 5.69 Å². The number of carbonyl (C=O) groups excluding carboxylic acids is 1. The van der Waals surface area contributed by atoms with Crippen LogP contribution >= 0.6 is 11.6 Å². The fourth-order valence-electron chi connectivity index (χ4n) is 5.26. The second kappa shape index (κ2) is 10.8. The molecule has 0 aliphatic carbocycles. The average Bonchev–Trinajstić information content (AvgIpc) is 3.32. The summed E-state index contributed by atoms with van der Waals surface area (Å²) in [6.45, 7) is 2.83. The number of sulfonamides is 1. The van der Waals surface area contributed by atoms with Crippen molar-refractivity contribution in [3.05, 3.63) is 76.9 Å². The maximum Gasteiger partial charge on any atom is 0.263 e. The van der Waals surface area contributed by atoms with Crippen molar-refractivity contribution in [2.45, 2.75) is 24.3 Å².